The van der Waals surface area contributed by atoms with Crippen molar-refractivity contribution in [3.8, 4) is 17.1 Å². The van der Waals surface area contributed by atoms with Gasteiger partial charge in [0.1, 0.15) is 17.3 Å². The quantitative estimate of drug-likeness (QED) is 0.608. The summed E-state index contributed by atoms with van der Waals surface area (Å²) in [5.74, 6) is 2.77. The molecule has 1 saturated heterocycles. The zero-order valence-electron chi connectivity index (χ0n) is 12.7. The summed E-state index contributed by atoms with van der Waals surface area (Å²) in [6.07, 6.45) is 1.76. The van der Waals surface area contributed by atoms with E-state index in [9.17, 15) is 0 Å². The molecule has 0 radical (unpaired) electrons. The Hall–Kier alpha value is -2.18. The summed E-state index contributed by atoms with van der Waals surface area (Å²) in [6, 6.07) is 11.4. The van der Waals surface area contributed by atoms with Crippen molar-refractivity contribution in [1.29, 1.82) is 0 Å². The van der Waals surface area contributed by atoms with Crippen molar-refractivity contribution in [2.75, 3.05) is 13.7 Å². The molecule has 0 atom stereocenters. The lowest BCUT2D eigenvalue weighted by Gasteiger charge is -2.09. The van der Waals surface area contributed by atoms with Crippen LogP contribution in [0.2, 0.25) is 0 Å². The third-order valence-electron chi connectivity index (χ3n) is 3.46. The van der Waals surface area contributed by atoms with Crippen LogP contribution in [0.25, 0.3) is 17.4 Å². The van der Waals surface area contributed by atoms with Gasteiger partial charge in [0.15, 0.2) is 10.7 Å². The van der Waals surface area contributed by atoms with Gasteiger partial charge in [-0.05, 0) is 55.5 Å². The number of methoxy groups -OCH3 is 1. The van der Waals surface area contributed by atoms with Crippen LogP contribution >= 0.6 is 24.4 Å². The monoisotopic (exact) mass is 345 g/mol. The van der Waals surface area contributed by atoms with E-state index in [2.05, 4.69) is 0 Å². The molecule has 0 unspecified atom stereocenters. The molecule has 1 aliphatic rings. The maximum absolute atomic E-state index is 5.84. The first-order valence-corrected chi connectivity index (χ1v) is 7.93. The van der Waals surface area contributed by atoms with E-state index in [1.54, 1.807) is 18.1 Å². The Labute approximate surface area is 145 Å². The molecule has 1 aromatic heterocycles. The van der Waals surface area contributed by atoms with Gasteiger partial charge in [-0.25, -0.2) is 0 Å². The lowest BCUT2D eigenvalue weighted by atomic mass is 10.2. The Kier molecular flexibility index (Phi) is 4.45. The molecule has 1 fully saturated rings. The summed E-state index contributed by atoms with van der Waals surface area (Å²) in [6.45, 7) is 2.66. The molecule has 0 N–H and O–H groups in total. The van der Waals surface area contributed by atoms with Crippen LogP contribution in [0.5, 0.6) is 5.75 Å². The van der Waals surface area contributed by atoms with Gasteiger partial charge < -0.3 is 13.9 Å². The minimum Gasteiger partial charge on any atom is -0.497 e. The molecular formula is C17H15NO3S2. The van der Waals surface area contributed by atoms with E-state index >= 15 is 0 Å². The molecule has 2 aromatic rings. The van der Waals surface area contributed by atoms with Gasteiger partial charge in [0.25, 0.3) is 5.17 Å². The summed E-state index contributed by atoms with van der Waals surface area (Å²) >= 11 is 10.5. The molecule has 0 aliphatic carbocycles. The summed E-state index contributed by atoms with van der Waals surface area (Å²) in [5, 5.41) is 0.380. The van der Waals surface area contributed by atoms with Crippen molar-refractivity contribution in [2.45, 2.75) is 6.92 Å². The molecule has 0 amide bonds. The lowest BCUT2D eigenvalue weighted by Crippen LogP contribution is -2.26. The van der Waals surface area contributed by atoms with Gasteiger partial charge >= 0.3 is 0 Å². The van der Waals surface area contributed by atoms with Gasteiger partial charge in [-0.3, -0.25) is 4.90 Å². The topological polar surface area (TPSA) is 34.8 Å². The SMILES string of the molecule is CCN1C(=S)O/C(=C/c2ccc(-c3ccc(OC)cc3)o2)C1=S. The van der Waals surface area contributed by atoms with Crippen molar-refractivity contribution in [3.05, 3.63) is 47.9 Å². The van der Waals surface area contributed by atoms with Crippen LogP contribution in [0.15, 0.2) is 46.6 Å². The molecule has 118 valence electrons. The number of thiocarbonyl (C=S) groups is 2. The number of ether oxygens (including phenoxy) is 2. The minimum absolute atomic E-state index is 0.380. The van der Waals surface area contributed by atoms with E-state index in [0.717, 1.165) is 17.1 Å². The average Bonchev–Trinajstić information content (AvgIpc) is 3.13. The first-order chi connectivity index (χ1) is 11.1. The summed E-state index contributed by atoms with van der Waals surface area (Å²) < 4.78 is 16.5. The average molecular weight is 345 g/mol. The maximum atomic E-state index is 5.84. The van der Waals surface area contributed by atoms with E-state index in [-0.39, 0.29) is 0 Å². The maximum Gasteiger partial charge on any atom is 0.270 e. The molecule has 4 nitrogen and oxygen atoms in total. The van der Waals surface area contributed by atoms with E-state index in [4.69, 9.17) is 38.3 Å². The van der Waals surface area contributed by atoms with Crippen molar-refractivity contribution < 1.29 is 13.9 Å². The summed E-state index contributed by atoms with van der Waals surface area (Å²) in [4.78, 5) is 2.35. The Morgan fingerprint density at radius 3 is 2.48 bits per heavy atom. The summed E-state index contributed by atoms with van der Waals surface area (Å²) in [5.41, 5.74) is 0.969. The minimum atomic E-state index is 0.380. The van der Waals surface area contributed by atoms with Crippen LogP contribution in [0.3, 0.4) is 0 Å². The third kappa shape index (κ3) is 3.13. The predicted octanol–water partition coefficient (Wildman–Crippen LogP) is 4.26. The molecule has 23 heavy (non-hydrogen) atoms. The Balaban J connectivity index is 1.83. The Bertz CT molecular complexity index is 777. The number of nitrogens with zero attached hydrogens (tertiary/aromatic N) is 1. The second-order valence-electron chi connectivity index (χ2n) is 4.86. The highest BCUT2D eigenvalue weighted by Crippen LogP contribution is 2.27. The first-order valence-electron chi connectivity index (χ1n) is 7.12. The lowest BCUT2D eigenvalue weighted by molar-refractivity contribution is 0.415. The molecular weight excluding hydrogens is 330 g/mol. The van der Waals surface area contributed by atoms with E-state index in [0.29, 0.717) is 28.2 Å². The van der Waals surface area contributed by atoms with Gasteiger partial charge in [0.05, 0.1) is 7.11 Å². The number of benzene rings is 1. The second-order valence-corrected chi connectivity index (χ2v) is 5.59. The van der Waals surface area contributed by atoms with Gasteiger partial charge in [0, 0.05) is 18.2 Å². The fourth-order valence-corrected chi connectivity index (χ4v) is 2.92. The number of furan rings is 1. The van der Waals surface area contributed by atoms with Crippen molar-refractivity contribution in [2.24, 2.45) is 0 Å². The van der Waals surface area contributed by atoms with Crippen LogP contribution < -0.4 is 4.74 Å². The molecule has 1 aliphatic heterocycles. The smallest absolute Gasteiger partial charge is 0.270 e. The number of likely N-dealkylation sites (N-methyl/N-ethyl adjacent to an activating group) is 1. The van der Waals surface area contributed by atoms with E-state index < -0.39 is 0 Å². The molecule has 3 rings (SSSR count). The fraction of sp³-hybridized carbons (Fsp3) is 0.176. The van der Waals surface area contributed by atoms with Crippen LogP contribution in [0, 0.1) is 0 Å². The molecule has 1 aromatic carbocycles. The zero-order chi connectivity index (χ0) is 16.4. The van der Waals surface area contributed by atoms with Crippen LogP contribution in [0.1, 0.15) is 12.7 Å². The normalized spacial score (nSPS) is 16.1. The number of hydrogen-bond donors (Lipinski definition) is 0. The zero-order valence-corrected chi connectivity index (χ0v) is 14.4. The molecule has 0 saturated carbocycles. The third-order valence-corrected chi connectivity index (χ3v) is 4.19. The fourth-order valence-electron chi connectivity index (χ4n) is 2.24. The van der Waals surface area contributed by atoms with Crippen molar-refractivity contribution >= 4 is 40.7 Å². The number of rotatable bonds is 4. The van der Waals surface area contributed by atoms with Crippen molar-refractivity contribution in [1.82, 2.24) is 4.90 Å². The Morgan fingerprint density at radius 1 is 1.13 bits per heavy atom. The molecule has 6 heteroatoms. The van der Waals surface area contributed by atoms with E-state index in [1.807, 2.05) is 43.3 Å². The summed E-state index contributed by atoms with van der Waals surface area (Å²) in [7, 11) is 1.64. The molecule has 0 spiro atoms. The van der Waals surface area contributed by atoms with Crippen LogP contribution in [-0.2, 0) is 4.74 Å². The highest BCUT2D eigenvalue weighted by atomic mass is 32.1. The van der Waals surface area contributed by atoms with Crippen LogP contribution in [0.4, 0.5) is 0 Å². The first kappa shape index (κ1) is 15.7. The van der Waals surface area contributed by atoms with Crippen LogP contribution in [-0.4, -0.2) is 28.7 Å². The van der Waals surface area contributed by atoms with Gasteiger partial charge in [-0.15, -0.1) is 0 Å². The predicted molar refractivity (Wildman–Crippen MR) is 97.3 cm³/mol. The second kappa shape index (κ2) is 6.52. The van der Waals surface area contributed by atoms with Crippen molar-refractivity contribution in [3.63, 3.8) is 0 Å². The molecule has 2 heterocycles. The molecule has 0 bridgehead atoms. The highest BCUT2D eigenvalue weighted by molar-refractivity contribution is 7.82. The van der Waals surface area contributed by atoms with Gasteiger partial charge in [-0.1, -0.05) is 12.2 Å². The highest BCUT2D eigenvalue weighted by Gasteiger charge is 2.28. The van der Waals surface area contributed by atoms with E-state index in [1.165, 1.54) is 0 Å². The largest absolute Gasteiger partial charge is 0.497 e. The van der Waals surface area contributed by atoms with Gasteiger partial charge in [0.2, 0.25) is 0 Å². The number of hydrogen-bond acceptors (Lipinski definition) is 5. The Morgan fingerprint density at radius 2 is 1.87 bits per heavy atom. The standard InChI is InChI=1S/C17H15NO3S2/c1-3-18-16(22)15(21-17(18)23)10-13-8-9-14(20-13)11-4-6-12(19-2)7-5-11/h4-10H,3H2,1-2H3/b15-10+. The van der Waals surface area contributed by atoms with Gasteiger partial charge in [-0.2, -0.15) is 0 Å².